The van der Waals surface area contributed by atoms with Crippen LogP contribution in [0.15, 0.2) is 12.1 Å². The van der Waals surface area contributed by atoms with Crippen LogP contribution in [0.5, 0.6) is 0 Å². The van der Waals surface area contributed by atoms with Crippen molar-refractivity contribution in [2.24, 2.45) is 5.92 Å². The molecule has 1 aromatic rings. The molecule has 3 heterocycles. The standard InChI is InChI=1S/C22H32N4O3/c1-6-9-25-20(28)22(26(21(25)29)14-15(2)3)7-10-24(11-8-22)19(27)18-12-16(4)23-17(5)13-18/h12-13,15H,6-11,14H2,1-5H3. The molecule has 3 rings (SSSR count). The molecule has 158 valence electrons. The minimum Gasteiger partial charge on any atom is -0.338 e. The highest BCUT2D eigenvalue weighted by Gasteiger charge is 2.57. The maximum Gasteiger partial charge on any atom is 0.327 e. The number of aromatic nitrogens is 1. The second-order valence-electron chi connectivity index (χ2n) is 8.71. The van der Waals surface area contributed by atoms with Gasteiger partial charge in [-0.15, -0.1) is 0 Å². The Hall–Kier alpha value is -2.44. The molecule has 2 aliphatic heterocycles. The zero-order valence-electron chi connectivity index (χ0n) is 18.2. The van der Waals surface area contributed by atoms with Gasteiger partial charge in [0.1, 0.15) is 5.54 Å². The van der Waals surface area contributed by atoms with E-state index in [0.717, 1.165) is 17.8 Å². The minimum absolute atomic E-state index is 0.0361. The molecule has 2 fully saturated rings. The molecule has 2 saturated heterocycles. The van der Waals surface area contributed by atoms with E-state index in [-0.39, 0.29) is 23.8 Å². The fraction of sp³-hybridized carbons (Fsp3) is 0.636. The molecule has 0 aromatic carbocycles. The number of carbonyl (C=O) groups excluding carboxylic acids is 3. The molecule has 4 amide bonds. The third-order valence-electron chi connectivity index (χ3n) is 5.82. The average molecular weight is 401 g/mol. The van der Waals surface area contributed by atoms with Crippen molar-refractivity contribution in [1.82, 2.24) is 19.7 Å². The lowest BCUT2D eigenvalue weighted by Crippen LogP contribution is -2.58. The third-order valence-corrected chi connectivity index (χ3v) is 5.82. The van der Waals surface area contributed by atoms with Gasteiger partial charge in [-0.3, -0.25) is 19.5 Å². The summed E-state index contributed by atoms with van der Waals surface area (Å²) in [6.07, 6.45) is 1.72. The lowest BCUT2D eigenvalue weighted by atomic mass is 9.85. The molecule has 7 nitrogen and oxygen atoms in total. The molecule has 0 aliphatic carbocycles. The lowest BCUT2D eigenvalue weighted by Gasteiger charge is -2.42. The predicted molar refractivity (Wildman–Crippen MR) is 111 cm³/mol. The lowest BCUT2D eigenvalue weighted by molar-refractivity contribution is -0.135. The maximum atomic E-state index is 13.3. The second-order valence-corrected chi connectivity index (χ2v) is 8.71. The van der Waals surface area contributed by atoms with Gasteiger partial charge in [-0.1, -0.05) is 20.8 Å². The molecule has 0 bridgehead atoms. The Balaban J connectivity index is 1.81. The van der Waals surface area contributed by atoms with E-state index in [0.29, 0.717) is 44.6 Å². The summed E-state index contributed by atoms with van der Waals surface area (Å²) in [5.74, 6) is 0.145. The molecular formula is C22H32N4O3. The van der Waals surface area contributed by atoms with Crippen molar-refractivity contribution >= 4 is 17.8 Å². The minimum atomic E-state index is -0.808. The van der Waals surface area contributed by atoms with Gasteiger partial charge in [0, 0.05) is 43.1 Å². The molecule has 1 spiro atoms. The number of rotatable bonds is 5. The number of amides is 4. The number of piperidine rings is 1. The summed E-state index contributed by atoms with van der Waals surface area (Å²) in [5, 5.41) is 0. The van der Waals surface area contributed by atoms with Crippen molar-refractivity contribution in [2.45, 2.75) is 59.4 Å². The predicted octanol–water partition coefficient (Wildman–Crippen LogP) is 3.00. The van der Waals surface area contributed by atoms with Crippen LogP contribution in [0.1, 0.15) is 61.8 Å². The van der Waals surface area contributed by atoms with Gasteiger partial charge in [0.2, 0.25) is 0 Å². The summed E-state index contributed by atoms with van der Waals surface area (Å²) in [6, 6.07) is 3.43. The number of nitrogens with zero attached hydrogens (tertiary/aromatic N) is 4. The van der Waals surface area contributed by atoms with Gasteiger partial charge in [-0.05, 0) is 51.2 Å². The first-order chi connectivity index (χ1) is 13.7. The van der Waals surface area contributed by atoms with Crippen LogP contribution in [0, 0.1) is 19.8 Å². The van der Waals surface area contributed by atoms with Crippen LogP contribution in [-0.2, 0) is 4.79 Å². The summed E-state index contributed by atoms with van der Waals surface area (Å²) in [5.41, 5.74) is 1.46. The molecule has 2 aliphatic rings. The number of carbonyl (C=O) groups is 3. The van der Waals surface area contributed by atoms with E-state index in [1.54, 1.807) is 21.9 Å². The smallest absolute Gasteiger partial charge is 0.327 e. The number of urea groups is 1. The van der Waals surface area contributed by atoms with Gasteiger partial charge in [-0.25, -0.2) is 4.79 Å². The van der Waals surface area contributed by atoms with Crippen molar-refractivity contribution in [2.75, 3.05) is 26.2 Å². The fourth-order valence-electron chi connectivity index (χ4n) is 4.53. The first kappa shape index (κ1) is 21.3. The van der Waals surface area contributed by atoms with Gasteiger partial charge in [-0.2, -0.15) is 0 Å². The number of aryl methyl sites for hydroxylation is 2. The van der Waals surface area contributed by atoms with Crippen LogP contribution in [0.4, 0.5) is 4.79 Å². The second kappa shape index (κ2) is 8.13. The van der Waals surface area contributed by atoms with E-state index in [1.165, 1.54) is 4.90 Å². The highest BCUT2D eigenvalue weighted by atomic mass is 16.2. The van der Waals surface area contributed by atoms with E-state index >= 15 is 0 Å². The maximum absolute atomic E-state index is 13.3. The van der Waals surface area contributed by atoms with E-state index in [4.69, 9.17) is 0 Å². The Labute approximate surface area is 173 Å². The molecule has 0 N–H and O–H groups in total. The Morgan fingerprint density at radius 3 is 2.24 bits per heavy atom. The van der Waals surface area contributed by atoms with Crippen LogP contribution in [-0.4, -0.2) is 69.2 Å². The van der Waals surface area contributed by atoms with Crippen LogP contribution in [0.25, 0.3) is 0 Å². The Bertz CT molecular complexity index is 792. The van der Waals surface area contributed by atoms with Crippen molar-refractivity contribution in [1.29, 1.82) is 0 Å². The highest BCUT2D eigenvalue weighted by molar-refractivity contribution is 6.07. The fourth-order valence-corrected chi connectivity index (χ4v) is 4.53. The Morgan fingerprint density at radius 1 is 1.14 bits per heavy atom. The molecule has 1 aromatic heterocycles. The summed E-state index contributed by atoms with van der Waals surface area (Å²) < 4.78 is 0. The topological polar surface area (TPSA) is 73.8 Å². The molecule has 0 unspecified atom stereocenters. The average Bonchev–Trinajstić information content (AvgIpc) is 2.84. The van der Waals surface area contributed by atoms with Gasteiger partial charge in [0.05, 0.1) is 0 Å². The number of pyridine rings is 1. The zero-order chi connectivity index (χ0) is 21.3. The molecule has 0 atom stereocenters. The van der Waals surface area contributed by atoms with E-state index in [1.807, 2.05) is 20.8 Å². The third kappa shape index (κ3) is 3.87. The Kier molecular flexibility index (Phi) is 5.96. The number of imide groups is 1. The van der Waals surface area contributed by atoms with Crippen LogP contribution in [0.3, 0.4) is 0 Å². The van der Waals surface area contributed by atoms with Crippen molar-refractivity contribution in [3.05, 3.63) is 29.1 Å². The monoisotopic (exact) mass is 400 g/mol. The molecular weight excluding hydrogens is 368 g/mol. The normalized spacial score (nSPS) is 19.0. The van der Waals surface area contributed by atoms with Gasteiger partial charge in [0.25, 0.3) is 11.8 Å². The largest absolute Gasteiger partial charge is 0.338 e. The van der Waals surface area contributed by atoms with E-state index < -0.39 is 5.54 Å². The quantitative estimate of drug-likeness (QED) is 0.712. The highest BCUT2D eigenvalue weighted by Crippen LogP contribution is 2.38. The van der Waals surface area contributed by atoms with Crippen LogP contribution < -0.4 is 0 Å². The number of hydrogen-bond donors (Lipinski definition) is 0. The van der Waals surface area contributed by atoms with E-state index in [2.05, 4.69) is 18.8 Å². The first-order valence-corrected chi connectivity index (χ1v) is 10.6. The van der Waals surface area contributed by atoms with Crippen molar-refractivity contribution in [3.63, 3.8) is 0 Å². The van der Waals surface area contributed by atoms with Gasteiger partial charge < -0.3 is 9.80 Å². The molecule has 7 heteroatoms. The van der Waals surface area contributed by atoms with Crippen molar-refractivity contribution < 1.29 is 14.4 Å². The summed E-state index contributed by atoms with van der Waals surface area (Å²) in [7, 11) is 0. The van der Waals surface area contributed by atoms with Crippen molar-refractivity contribution in [3.8, 4) is 0 Å². The molecule has 0 radical (unpaired) electrons. The van der Waals surface area contributed by atoms with E-state index in [9.17, 15) is 14.4 Å². The van der Waals surface area contributed by atoms with Crippen LogP contribution in [0.2, 0.25) is 0 Å². The van der Waals surface area contributed by atoms with Crippen LogP contribution >= 0.6 is 0 Å². The number of likely N-dealkylation sites (tertiary alicyclic amines) is 1. The Morgan fingerprint density at radius 2 is 1.72 bits per heavy atom. The first-order valence-electron chi connectivity index (χ1n) is 10.6. The molecule has 0 saturated carbocycles. The summed E-state index contributed by atoms with van der Waals surface area (Å²) in [4.78, 5) is 48.6. The molecule has 29 heavy (non-hydrogen) atoms. The summed E-state index contributed by atoms with van der Waals surface area (Å²) in [6.45, 7) is 11.8. The van der Waals surface area contributed by atoms with Gasteiger partial charge in [0.15, 0.2) is 0 Å². The zero-order valence-corrected chi connectivity index (χ0v) is 18.2. The summed E-state index contributed by atoms with van der Waals surface area (Å²) >= 11 is 0. The number of hydrogen-bond acceptors (Lipinski definition) is 4. The SMILES string of the molecule is CCCN1C(=O)N(CC(C)C)C2(CCN(C(=O)c3cc(C)nc(C)c3)CC2)C1=O. The van der Waals surface area contributed by atoms with Gasteiger partial charge >= 0.3 is 6.03 Å².